The second-order valence-corrected chi connectivity index (χ2v) is 4.36. The summed E-state index contributed by atoms with van der Waals surface area (Å²) in [4.78, 5) is 18.5. The highest BCUT2D eigenvalue weighted by Gasteiger charge is 1.97. The number of benzene rings is 1. The fourth-order valence-electron chi connectivity index (χ4n) is 1.65. The standard InChI is InChI=1S/C15H17N3O/c1-12-2-4-13(5-3-12)6-7-15(19)17-9-8-14-10-16-11-18-14/h2-7,10-11H,8-9H2,1H3,(H,16,18)(H,17,19). The Morgan fingerprint density at radius 1 is 1.37 bits per heavy atom. The van der Waals surface area contributed by atoms with Crippen LogP contribution in [-0.2, 0) is 11.2 Å². The van der Waals surface area contributed by atoms with Crippen molar-refractivity contribution < 1.29 is 4.79 Å². The van der Waals surface area contributed by atoms with Gasteiger partial charge in [0.2, 0.25) is 5.91 Å². The largest absolute Gasteiger partial charge is 0.352 e. The van der Waals surface area contributed by atoms with Crippen molar-refractivity contribution in [2.45, 2.75) is 13.3 Å². The van der Waals surface area contributed by atoms with Crippen LogP contribution in [0.25, 0.3) is 6.08 Å². The number of aromatic nitrogens is 2. The molecule has 98 valence electrons. The van der Waals surface area contributed by atoms with Crippen molar-refractivity contribution in [2.24, 2.45) is 0 Å². The highest BCUT2D eigenvalue weighted by molar-refractivity contribution is 5.91. The van der Waals surface area contributed by atoms with Crippen LogP contribution >= 0.6 is 0 Å². The van der Waals surface area contributed by atoms with Crippen LogP contribution in [0.5, 0.6) is 0 Å². The van der Waals surface area contributed by atoms with Gasteiger partial charge in [0, 0.05) is 30.9 Å². The maximum absolute atomic E-state index is 11.6. The Morgan fingerprint density at radius 2 is 2.16 bits per heavy atom. The summed E-state index contributed by atoms with van der Waals surface area (Å²) in [6.45, 7) is 2.63. The Hall–Kier alpha value is -2.36. The third-order valence-corrected chi connectivity index (χ3v) is 2.75. The number of carbonyl (C=O) groups excluding carboxylic acids is 1. The highest BCUT2D eigenvalue weighted by atomic mass is 16.1. The number of aryl methyl sites for hydroxylation is 1. The molecule has 0 bridgehead atoms. The molecule has 2 rings (SSSR count). The normalized spacial score (nSPS) is 10.8. The molecular formula is C15H17N3O. The van der Waals surface area contributed by atoms with E-state index < -0.39 is 0 Å². The van der Waals surface area contributed by atoms with Crippen LogP contribution in [0.1, 0.15) is 16.8 Å². The molecule has 2 N–H and O–H groups in total. The van der Waals surface area contributed by atoms with E-state index in [0.29, 0.717) is 6.54 Å². The molecule has 19 heavy (non-hydrogen) atoms. The fraction of sp³-hybridized carbons (Fsp3) is 0.200. The summed E-state index contributed by atoms with van der Waals surface area (Å²) >= 11 is 0. The molecule has 0 saturated heterocycles. The minimum absolute atomic E-state index is 0.0832. The first-order valence-corrected chi connectivity index (χ1v) is 6.24. The Kier molecular flexibility index (Phi) is 4.50. The van der Waals surface area contributed by atoms with Gasteiger partial charge < -0.3 is 10.3 Å². The summed E-state index contributed by atoms with van der Waals surface area (Å²) < 4.78 is 0. The van der Waals surface area contributed by atoms with E-state index in [9.17, 15) is 4.79 Å². The fourth-order valence-corrected chi connectivity index (χ4v) is 1.65. The molecular weight excluding hydrogens is 238 g/mol. The second kappa shape index (κ2) is 6.54. The average Bonchev–Trinajstić information content (AvgIpc) is 2.91. The van der Waals surface area contributed by atoms with Gasteiger partial charge in [-0.15, -0.1) is 0 Å². The molecule has 0 aliphatic heterocycles. The lowest BCUT2D eigenvalue weighted by Crippen LogP contribution is -2.23. The Morgan fingerprint density at radius 3 is 2.84 bits per heavy atom. The van der Waals surface area contributed by atoms with E-state index in [-0.39, 0.29) is 5.91 Å². The Balaban J connectivity index is 1.76. The van der Waals surface area contributed by atoms with E-state index in [0.717, 1.165) is 17.7 Å². The molecule has 1 heterocycles. The number of nitrogens with zero attached hydrogens (tertiary/aromatic N) is 1. The van der Waals surface area contributed by atoms with E-state index in [4.69, 9.17) is 0 Å². The van der Waals surface area contributed by atoms with Gasteiger partial charge in [-0.1, -0.05) is 29.8 Å². The van der Waals surface area contributed by atoms with Crippen LogP contribution in [-0.4, -0.2) is 22.4 Å². The van der Waals surface area contributed by atoms with Crippen LogP contribution in [0, 0.1) is 6.92 Å². The van der Waals surface area contributed by atoms with Crippen molar-refractivity contribution in [1.82, 2.24) is 15.3 Å². The SMILES string of the molecule is Cc1ccc(C=CC(=O)NCCc2cnc[nH]2)cc1. The number of nitrogens with one attached hydrogen (secondary N) is 2. The Bertz CT molecular complexity index is 541. The van der Waals surface area contributed by atoms with E-state index in [1.807, 2.05) is 37.3 Å². The molecule has 4 nitrogen and oxygen atoms in total. The molecule has 0 fully saturated rings. The number of imidazole rings is 1. The maximum Gasteiger partial charge on any atom is 0.244 e. The van der Waals surface area contributed by atoms with Crippen molar-refractivity contribution in [1.29, 1.82) is 0 Å². The minimum Gasteiger partial charge on any atom is -0.352 e. The molecule has 2 aromatic rings. The van der Waals surface area contributed by atoms with Gasteiger partial charge in [0.15, 0.2) is 0 Å². The van der Waals surface area contributed by atoms with Crippen molar-refractivity contribution in [3.8, 4) is 0 Å². The topological polar surface area (TPSA) is 57.8 Å². The number of hydrogen-bond donors (Lipinski definition) is 2. The van der Waals surface area contributed by atoms with E-state index in [1.165, 1.54) is 5.56 Å². The average molecular weight is 255 g/mol. The summed E-state index contributed by atoms with van der Waals surface area (Å²) in [6, 6.07) is 8.03. The molecule has 0 saturated carbocycles. The molecule has 4 heteroatoms. The molecule has 1 aromatic carbocycles. The number of hydrogen-bond acceptors (Lipinski definition) is 2. The summed E-state index contributed by atoms with van der Waals surface area (Å²) in [5, 5.41) is 2.83. The number of rotatable bonds is 5. The maximum atomic E-state index is 11.6. The summed E-state index contributed by atoms with van der Waals surface area (Å²) in [6.07, 6.45) is 7.51. The summed E-state index contributed by atoms with van der Waals surface area (Å²) in [5.74, 6) is -0.0832. The van der Waals surface area contributed by atoms with Crippen LogP contribution in [0.3, 0.4) is 0 Å². The van der Waals surface area contributed by atoms with Gasteiger partial charge in [0.05, 0.1) is 6.33 Å². The van der Waals surface area contributed by atoms with Gasteiger partial charge in [-0.3, -0.25) is 4.79 Å². The lowest BCUT2D eigenvalue weighted by molar-refractivity contribution is -0.116. The van der Waals surface area contributed by atoms with Gasteiger partial charge in [-0.05, 0) is 18.6 Å². The predicted octanol–water partition coefficient (Wildman–Crippen LogP) is 2.09. The van der Waals surface area contributed by atoms with E-state index >= 15 is 0 Å². The first-order chi connectivity index (χ1) is 9.24. The number of aromatic amines is 1. The third-order valence-electron chi connectivity index (χ3n) is 2.75. The van der Waals surface area contributed by atoms with Crippen LogP contribution in [0.2, 0.25) is 0 Å². The quantitative estimate of drug-likeness (QED) is 0.804. The predicted molar refractivity (Wildman–Crippen MR) is 75.5 cm³/mol. The number of carbonyl (C=O) groups is 1. The van der Waals surface area contributed by atoms with Gasteiger partial charge >= 0.3 is 0 Å². The molecule has 0 aliphatic carbocycles. The number of amides is 1. The monoisotopic (exact) mass is 255 g/mol. The van der Waals surface area contributed by atoms with Gasteiger partial charge in [0.1, 0.15) is 0 Å². The summed E-state index contributed by atoms with van der Waals surface area (Å²) in [5.41, 5.74) is 3.25. The summed E-state index contributed by atoms with van der Waals surface area (Å²) in [7, 11) is 0. The minimum atomic E-state index is -0.0832. The zero-order valence-corrected chi connectivity index (χ0v) is 10.9. The molecule has 0 radical (unpaired) electrons. The lowest BCUT2D eigenvalue weighted by Gasteiger charge is -2.00. The molecule has 0 unspecified atom stereocenters. The zero-order chi connectivity index (χ0) is 13.5. The lowest BCUT2D eigenvalue weighted by atomic mass is 10.1. The molecule has 1 amide bonds. The third kappa shape index (κ3) is 4.43. The highest BCUT2D eigenvalue weighted by Crippen LogP contribution is 2.04. The van der Waals surface area contributed by atoms with Crippen LogP contribution in [0.4, 0.5) is 0 Å². The molecule has 0 atom stereocenters. The number of H-pyrrole nitrogens is 1. The van der Waals surface area contributed by atoms with Crippen molar-refractivity contribution >= 4 is 12.0 Å². The van der Waals surface area contributed by atoms with Gasteiger partial charge in [-0.25, -0.2) is 4.98 Å². The second-order valence-electron chi connectivity index (χ2n) is 4.36. The van der Waals surface area contributed by atoms with Crippen molar-refractivity contribution in [2.75, 3.05) is 6.54 Å². The molecule has 0 spiro atoms. The molecule has 1 aromatic heterocycles. The van der Waals surface area contributed by atoms with E-state index in [2.05, 4.69) is 15.3 Å². The molecule has 0 aliphatic rings. The Labute approximate surface area is 112 Å². The van der Waals surface area contributed by atoms with Crippen molar-refractivity contribution in [3.63, 3.8) is 0 Å². The van der Waals surface area contributed by atoms with E-state index in [1.54, 1.807) is 18.6 Å². The van der Waals surface area contributed by atoms with Gasteiger partial charge in [-0.2, -0.15) is 0 Å². The van der Waals surface area contributed by atoms with Crippen molar-refractivity contribution in [3.05, 3.63) is 59.7 Å². The zero-order valence-electron chi connectivity index (χ0n) is 10.9. The first kappa shape index (κ1) is 13.1. The smallest absolute Gasteiger partial charge is 0.244 e. The van der Waals surface area contributed by atoms with Crippen LogP contribution in [0.15, 0.2) is 42.9 Å². The van der Waals surface area contributed by atoms with Gasteiger partial charge in [0.25, 0.3) is 0 Å². The van der Waals surface area contributed by atoms with Crippen LogP contribution < -0.4 is 5.32 Å². The first-order valence-electron chi connectivity index (χ1n) is 6.24.